The molecule has 0 aliphatic heterocycles. The average molecular weight is 352 g/mol. The van der Waals surface area contributed by atoms with Gasteiger partial charge in [-0.1, -0.05) is 23.2 Å². The highest BCUT2D eigenvalue weighted by molar-refractivity contribution is 7.89. The molecule has 0 amide bonds. The number of nitrogens with zero attached hydrogens (tertiary/aromatic N) is 1. The maximum atomic E-state index is 12.3. The van der Waals surface area contributed by atoms with Crippen LogP contribution in [-0.2, 0) is 16.6 Å². The van der Waals surface area contributed by atoms with E-state index in [0.717, 1.165) is 10.6 Å². The van der Waals surface area contributed by atoms with Gasteiger partial charge in [0.1, 0.15) is 4.90 Å². The van der Waals surface area contributed by atoms with Gasteiger partial charge in [-0.05, 0) is 19.1 Å². The van der Waals surface area contributed by atoms with Gasteiger partial charge in [0.05, 0.1) is 21.2 Å². The summed E-state index contributed by atoms with van der Waals surface area (Å²) in [7, 11) is -3.82. The van der Waals surface area contributed by atoms with E-state index in [1.807, 2.05) is 6.92 Å². The van der Waals surface area contributed by atoms with E-state index in [2.05, 4.69) is 9.71 Å². The van der Waals surface area contributed by atoms with Crippen molar-refractivity contribution >= 4 is 50.2 Å². The first-order valence-electron chi connectivity index (χ1n) is 5.44. The fourth-order valence-corrected chi connectivity index (χ4v) is 4.60. The Labute approximate surface area is 130 Å². The van der Waals surface area contributed by atoms with Crippen LogP contribution >= 0.6 is 34.5 Å². The summed E-state index contributed by atoms with van der Waals surface area (Å²) in [5.74, 6) is 0. The van der Waals surface area contributed by atoms with Crippen molar-refractivity contribution in [2.45, 2.75) is 18.4 Å². The lowest BCUT2D eigenvalue weighted by Crippen LogP contribution is -2.24. The number of nitrogen functional groups attached to an aromatic ring is 1. The summed E-state index contributed by atoms with van der Waals surface area (Å²) in [6, 6.07) is 2.69. The molecular weight excluding hydrogens is 341 g/mol. The van der Waals surface area contributed by atoms with Gasteiger partial charge in [-0.25, -0.2) is 18.1 Å². The van der Waals surface area contributed by atoms with Crippen LogP contribution in [0.15, 0.2) is 22.5 Å². The largest absolute Gasteiger partial charge is 0.399 e. The van der Waals surface area contributed by atoms with Crippen molar-refractivity contribution in [2.24, 2.45) is 0 Å². The molecule has 0 saturated carbocycles. The molecule has 9 heteroatoms. The highest BCUT2D eigenvalue weighted by atomic mass is 35.5. The topological polar surface area (TPSA) is 85.1 Å². The molecule has 0 unspecified atom stereocenters. The number of rotatable bonds is 4. The highest BCUT2D eigenvalue weighted by Gasteiger charge is 2.22. The number of hydrogen-bond acceptors (Lipinski definition) is 5. The molecule has 2 rings (SSSR count). The minimum atomic E-state index is -3.82. The average Bonchev–Trinajstić information content (AvgIpc) is 2.70. The lowest BCUT2D eigenvalue weighted by Gasteiger charge is -2.10. The van der Waals surface area contributed by atoms with E-state index in [9.17, 15) is 8.42 Å². The minimum Gasteiger partial charge on any atom is -0.399 e. The Kier molecular flexibility index (Phi) is 4.55. The number of nitrogens with one attached hydrogen (secondary N) is 1. The molecule has 2 aromatic rings. The number of sulfonamides is 1. The SMILES string of the molecule is Cc1ncsc1CNS(=O)(=O)c1c(Cl)cc(N)cc1Cl. The van der Waals surface area contributed by atoms with E-state index < -0.39 is 10.0 Å². The molecule has 20 heavy (non-hydrogen) atoms. The first-order chi connectivity index (χ1) is 9.31. The van der Waals surface area contributed by atoms with E-state index in [4.69, 9.17) is 28.9 Å². The molecule has 1 heterocycles. The normalized spacial score (nSPS) is 11.8. The van der Waals surface area contributed by atoms with Crippen LogP contribution in [0, 0.1) is 6.92 Å². The number of thiazole rings is 1. The van der Waals surface area contributed by atoms with Crippen molar-refractivity contribution in [3.05, 3.63) is 38.3 Å². The molecule has 0 aliphatic rings. The second-order valence-corrected chi connectivity index (χ2v) is 7.46. The predicted octanol–water partition coefficient (Wildman–Crippen LogP) is 2.82. The first kappa shape index (κ1) is 15.5. The molecule has 5 nitrogen and oxygen atoms in total. The van der Waals surface area contributed by atoms with Gasteiger partial charge in [0, 0.05) is 17.1 Å². The number of nitrogens with two attached hydrogens (primary N) is 1. The number of aromatic nitrogens is 1. The summed E-state index contributed by atoms with van der Waals surface area (Å²) >= 11 is 13.2. The molecule has 0 aliphatic carbocycles. The second kappa shape index (κ2) is 5.87. The Bertz CT molecular complexity index is 721. The minimum absolute atomic E-state index is 0.0106. The van der Waals surface area contributed by atoms with Crippen LogP contribution in [0.4, 0.5) is 5.69 Å². The standard InChI is InChI=1S/C11H11Cl2N3O2S2/c1-6-10(19-5-15-6)4-16-20(17,18)11-8(12)2-7(14)3-9(11)13/h2-3,5,16H,4,14H2,1H3. The van der Waals surface area contributed by atoms with E-state index in [0.29, 0.717) is 5.69 Å². The summed E-state index contributed by atoms with van der Waals surface area (Å²) in [6.45, 7) is 1.94. The molecule has 108 valence electrons. The molecule has 3 N–H and O–H groups in total. The maximum Gasteiger partial charge on any atom is 0.243 e. The number of benzene rings is 1. The van der Waals surface area contributed by atoms with Crippen LogP contribution in [0.1, 0.15) is 10.6 Å². The van der Waals surface area contributed by atoms with Gasteiger partial charge in [-0.2, -0.15) is 0 Å². The monoisotopic (exact) mass is 351 g/mol. The summed E-state index contributed by atoms with van der Waals surface area (Å²) in [5, 5.41) is -0.0212. The maximum absolute atomic E-state index is 12.3. The zero-order valence-corrected chi connectivity index (χ0v) is 13.5. The lowest BCUT2D eigenvalue weighted by atomic mass is 10.3. The summed E-state index contributed by atoms with van der Waals surface area (Å²) < 4.78 is 27.0. The molecule has 0 atom stereocenters. The fraction of sp³-hybridized carbons (Fsp3) is 0.182. The van der Waals surface area contributed by atoms with Gasteiger partial charge in [0.25, 0.3) is 0 Å². The molecular formula is C11H11Cl2N3O2S2. The zero-order chi connectivity index (χ0) is 14.9. The molecule has 0 fully saturated rings. The van der Waals surface area contributed by atoms with Crippen molar-refractivity contribution < 1.29 is 8.42 Å². The Hall–Kier alpha value is -0.860. The van der Waals surface area contributed by atoms with Crippen molar-refractivity contribution in [3.8, 4) is 0 Å². The molecule has 0 bridgehead atoms. The van der Waals surface area contributed by atoms with Crippen molar-refractivity contribution in [1.82, 2.24) is 9.71 Å². The summed E-state index contributed by atoms with van der Waals surface area (Å²) in [4.78, 5) is 4.71. The van der Waals surface area contributed by atoms with Crippen LogP contribution in [0.2, 0.25) is 10.0 Å². The quantitative estimate of drug-likeness (QED) is 0.829. The van der Waals surface area contributed by atoms with Crippen LogP contribution in [0.5, 0.6) is 0 Å². The third-order valence-corrected chi connectivity index (χ3v) is 5.81. The summed E-state index contributed by atoms with van der Waals surface area (Å²) in [6.07, 6.45) is 0. The van der Waals surface area contributed by atoms with Gasteiger partial charge in [-0.3, -0.25) is 0 Å². The third kappa shape index (κ3) is 3.24. The summed E-state index contributed by atoms with van der Waals surface area (Å²) in [5.41, 5.74) is 8.29. The first-order valence-corrected chi connectivity index (χ1v) is 8.56. The molecule has 0 saturated heterocycles. The van der Waals surface area contributed by atoms with Crippen LogP contribution in [0.25, 0.3) is 0 Å². The number of hydrogen-bond donors (Lipinski definition) is 2. The van der Waals surface area contributed by atoms with Crippen molar-refractivity contribution in [1.29, 1.82) is 0 Å². The van der Waals surface area contributed by atoms with E-state index >= 15 is 0 Å². The van der Waals surface area contributed by atoms with Crippen molar-refractivity contribution in [2.75, 3.05) is 5.73 Å². The smallest absolute Gasteiger partial charge is 0.243 e. The molecule has 0 radical (unpaired) electrons. The lowest BCUT2D eigenvalue weighted by molar-refractivity contribution is 0.582. The Morgan fingerprint density at radius 3 is 2.45 bits per heavy atom. The van der Waals surface area contributed by atoms with Gasteiger partial charge in [-0.15, -0.1) is 11.3 Å². The Morgan fingerprint density at radius 2 is 1.95 bits per heavy atom. The second-order valence-electron chi connectivity index (χ2n) is 4.00. The number of anilines is 1. The van der Waals surface area contributed by atoms with Crippen LogP contribution in [0.3, 0.4) is 0 Å². The molecule has 0 spiro atoms. The van der Waals surface area contributed by atoms with Gasteiger partial charge in [0.2, 0.25) is 10.0 Å². The fourth-order valence-electron chi connectivity index (χ4n) is 1.56. The van der Waals surface area contributed by atoms with E-state index in [1.165, 1.54) is 23.5 Å². The Morgan fingerprint density at radius 1 is 1.35 bits per heavy atom. The van der Waals surface area contributed by atoms with Crippen LogP contribution in [-0.4, -0.2) is 13.4 Å². The van der Waals surface area contributed by atoms with Crippen molar-refractivity contribution in [3.63, 3.8) is 0 Å². The highest BCUT2D eigenvalue weighted by Crippen LogP contribution is 2.31. The zero-order valence-electron chi connectivity index (χ0n) is 10.4. The molecule has 1 aromatic carbocycles. The number of halogens is 2. The Balaban J connectivity index is 2.30. The molecule has 1 aromatic heterocycles. The third-order valence-electron chi connectivity index (χ3n) is 2.56. The van der Waals surface area contributed by atoms with E-state index in [1.54, 1.807) is 5.51 Å². The van der Waals surface area contributed by atoms with Crippen LogP contribution < -0.4 is 10.5 Å². The van der Waals surface area contributed by atoms with E-state index in [-0.39, 0.29) is 21.5 Å². The number of aryl methyl sites for hydroxylation is 1. The van der Waals surface area contributed by atoms with Gasteiger partial charge >= 0.3 is 0 Å². The van der Waals surface area contributed by atoms with Gasteiger partial charge < -0.3 is 5.73 Å². The predicted molar refractivity (Wildman–Crippen MR) is 81.8 cm³/mol. The van der Waals surface area contributed by atoms with Gasteiger partial charge in [0.15, 0.2) is 0 Å².